The number of anilines is 1. The number of nitrogen functional groups attached to an aromatic ring is 1. The molecule has 2 rings (SSSR count). The first-order valence-electron chi connectivity index (χ1n) is 4.90. The Hall–Kier alpha value is -1.89. The fourth-order valence-corrected chi connectivity index (χ4v) is 1.29. The number of fused-ring (bicyclic) bond motifs is 1. The van der Waals surface area contributed by atoms with Crippen molar-refractivity contribution < 1.29 is 4.74 Å². The van der Waals surface area contributed by atoms with E-state index in [-0.39, 0.29) is 23.1 Å². The second-order valence-electron chi connectivity index (χ2n) is 3.68. The summed E-state index contributed by atoms with van der Waals surface area (Å²) in [6, 6.07) is 0. The molecule has 0 atom stereocenters. The molecule has 0 aliphatic heterocycles. The number of hydrogen-bond donors (Lipinski definition) is 2. The molecular formula is C9H13N5O2. The van der Waals surface area contributed by atoms with E-state index in [9.17, 15) is 4.79 Å². The smallest absolute Gasteiger partial charge is 0.280 e. The van der Waals surface area contributed by atoms with Crippen LogP contribution >= 0.6 is 0 Å². The predicted molar refractivity (Wildman–Crippen MR) is 58.8 cm³/mol. The number of H-pyrrole nitrogens is 1. The number of aromatic nitrogens is 4. The normalized spacial score (nSPS) is 11.4. The van der Waals surface area contributed by atoms with Crippen molar-refractivity contribution in [3.05, 3.63) is 16.7 Å². The van der Waals surface area contributed by atoms with E-state index in [0.717, 1.165) is 0 Å². The molecule has 0 unspecified atom stereocenters. The Balaban J connectivity index is 2.44. The van der Waals surface area contributed by atoms with Crippen LogP contribution in [0.5, 0.6) is 0 Å². The number of imidazole rings is 1. The van der Waals surface area contributed by atoms with E-state index in [0.29, 0.717) is 12.4 Å². The molecule has 16 heavy (non-hydrogen) atoms. The highest BCUT2D eigenvalue weighted by molar-refractivity contribution is 5.70. The standard InChI is InChI=1S/C9H13N5O2/c1-5(2)16-4-14-3-11-6-7(14)12-9(10)13-8(6)15/h3,5H,4H2,1-2H3,(H3,10,12,13,15). The van der Waals surface area contributed by atoms with Gasteiger partial charge in [0.05, 0.1) is 12.4 Å². The summed E-state index contributed by atoms with van der Waals surface area (Å²) < 4.78 is 7.04. The summed E-state index contributed by atoms with van der Waals surface area (Å²) in [6.45, 7) is 4.14. The van der Waals surface area contributed by atoms with Crippen LogP contribution in [0.2, 0.25) is 0 Å². The predicted octanol–water partition coefficient (Wildman–Crippen LogP) is 0.0843. The molecule has 3 N–H and O–H groups in total. The van der Waals surface area contributed by atoms with Gasteiger partial charge in [-0.05, 0) is 13.8 Å². The zero-order valence-corrected chi connectivity index (χ0v) is 9.10. The lowest BCUT2D eigenvalue weighted by Gasteiger charge is -2.08. The molecule has 0 aromatic carbocycles. The summed E-state index contributed by atoms with van der Waals surface area (Å²) in [6.07, 6.45) is 1.60. The molecule has 0 aliphatic carbocycles. The number of hydrogen-bond acceptors (Lipinski definition) is 5. The highest BCUT2D eigenvalue weighted by Gasteiger charge is 2.09. The highest BCUT2D eigenvalue weighted by Crippen LogP contribution is 2.06. The van der Waals surface area contributed by atoms with Crippen molar-refractivity contribution in [1.29, 1.82) is 0 Å². The lowest BCUT2D eigenvalue weighted by Crippen LogP contribution is -2.13. The van der Waals surface area contributed by atoms with Crippen LogP contribution in [0.3, 0.4) is 0 Å². The first-order chi connectivity index (χ1) is 7.58. The van der Waals surface area contributed by atoms with E-state index in [1.165, 1.54) is 6.33 Å². The van der Waals surface area contributed by atoms with Crippen molar-refractivity contribution in [3.8, 4) is 0 Å². The van der Waals surface area contributed by atoms with E-state index in [1.807, 2.05) is 13.8 Å². The van der Waals surface area contributed by atoms with Gasteiger partial charge >= 0.3 is 0 Å². The van der Waals surface area contributed by atoms with Gasteiger partial charge in [-0.2, -0.15) is 4.98 Å². The lowest BCUT2D eigenvalue weighted by atomic mass is 10.5. The topological polar surface area (TPSA) is 98.8 Å². The molecule has 2 aromatic heterocycles. The molecule has 0 radical (unpaired) electrons. The average molecular weight is 223 g/mol. The molecule has 0 saturated heterocycles. The molecule has 2 aromatic rings. The van der Waals surface area contributed by atoms with Gasteiger partial charge in [0.15, 0.2) is 11.2 Å². The fourth-order valence-electron chi connectivity index (χ4n) is 1.29. The molecule has 0 spiro atoms. The van der Waals surface area contributed by atoms with E-state index >= 15 is 0 Å². The fraction of sp³-hybridized carbons (Fsp3) is 0.444. The Bertz CT molecular complexity index is 557. The number of nitrogens with one attached hydrogen (secondary N) is 1. The third-order valence-corrected chi connectivity index (χ3v) is 2.04. The van der Waals surface area contributed by atoms with E-state index in [1.54, 1.807) is 4.57 Å². The highest BCUT2D eigenvalue weighted by atomic mass is 16.5. The minimum absolute atomic E-state index is 0.0730. The Kier molecular flexibility index (Phi) is 2.61. The van der Waals surface area contributed by atoms with Crippen molar-refractivity contribution in [2.24, 2.45) is 0 Å². The lowest BCUT2D eigenvalue weighted by molar-refractivity contribution is 0.0305. The second-order valence-corrected chi connectivity index (χ2v) is 3.68. The minimum atomic E-state index is -0.342. The van der Waals surface area contributed by atoms with Crippen LogP contribution < -0.4 is 11.3 Å². The molecule has 86 valence electrons. The molecule has 0 saturated carbocycles. The maximum atomic E-state index is 11.5. The van der Waals surface area contributed by atoms with Gasteiger partial charge in [-0.15, -0.1) is 0 Å². The van der Waals surface area contributed by atoms with Crippen LogP contribution in [-0.2, 0) is 11.5 Å². The van der Waals surface area contributed by atoms with Gasteiger partial charge in [-0.3, -0.25) is 14.3 Å². The van der Waals surface area contributed by atoms with Gasteiger partial charge in [0, 0.05) is 0 Å². The van der Waals surface area contributed by atoms with E-state index in [2.05, 4.69) is 15.0 Å². The number of nitrogens with zero attached hydrogens (tertiary/aromatic N) is 3. The minimum Gasteiger partial charge on any atom is -0.369 e. The third-order valence-electron chi connectivity index (χ3n) is 2.04. The monoisotopic (exact) mass is 223 g/mol. The van der Waals surface area contributed by atoms with Gasteiger partial charge in [0.25, 0.3) is 5.56 Å². The molecule has 7 heteroatoms. The summed E-state index contributed by atoms with van der Waals surface area (Å²) in [5.74, 6) is 0.0730. The SMILES string of the molecule is CC(C)OCn1cnc2c(=O)[nH]c(N)nc21. The van der Waals surface area contributed by atoms with Gasteiger partial charge in [0.1, 0.15) is 6.73 Å². The Labute approximate surface area is 91.3 Å². The number of ether oxygens (including phenoxy) is 1. The molecule has 0 amide bonds. The molecule has 2 heterocycles. The van der Waals surface area contributed by atoms with Crippen molar-refractivity contribution in [3.63, 3.8) is 0 Å². The third kappa shape index (κ3) is 1.89. The zero-order valence-electron chi connectivity index (χ0n) is 9.10. The van der Waals surface area contributed by atoms with Crippen LogP contribution in [-0.4, -0.2) is 25.6 Å². The molecule has 0 aliphatic rings. The van der Waals surface area contributed by atoms with Crippen LogP contribution in [0.4, 0.5) is 5.95 Å². The van der Waals surface area contributed by atoms with Crippen LogP contribution in [0.1, 0.15) is 13.8 Å². The Morgan fingerprint density at radius 3 is 3.06 bits per heavy atom. The number of rotatable bonds is 3. The van der Waals surface area contributed by atoms with Crippen molar-refractivity contribution in [2.45, 2.75) is 26.7 Å². The maximum absolute atomic E-state index is 11.5. The molecular weight excluding hydrogens is 210 g/mol. The van der Waals surface area contributed by atoms with Crippen LogP contribution in [0.25, 0.3) is 11.2 Å². The van der Waals surface area contributed by atoms with E-state index < -0.39 is 0 Å². The summed E-state index contributed by atoms with van der Waals surface area (Å²) in [5, 5.41) is 0. The quantitative estimate of drug-likeness (QED) is 0.768. The summed E-state index contributed by atoms with van der Waals surface area (Å²) in [7, 11) is 0. The number of nitrogens with two attached hydrogens (primary N) is 1. The second kappa shape index (κ2) is 3.93. The first-order valence-corrected chi connectivity index (χ1v) is 4.90. The Morgan fingerprint density at radius 2 is 2.38 bits per heavy atom. The molecule has 7 nitrogen and oxygen atoms in total. The Morgan fingerprint density at radius 1 is 1.62 bits per heavy atom. The van der Waals surface area contributed by atoms with Crippen molar-refractivity contribution >= 4 is 17.1 Å². The van der Waals surface area contributed by atoms with Gasteiger partial charge in [0.2, 0.25) is 5.95 Å². The van der Waals surface area contributed by atoms with Crippen LogP contribution in [0, 0.1) is 0 Å². The largest absolute Gasteiger partial charge is 0.369 e. The van der Waals surface area contributed by atoms with Gasteiger partial charge < -0.3 is 10.5 Å². The van der Waals surface area contributed by atoms with Crippen molar-refractivity contribution in [2.75, 3.05) is 5.73 Å². The van der Waals surface area contributed by atoms with E-state index in [4.69, 9.17) is 10.5 Å². The summed E-state index contributed by atoms with van der Waals surface area (Å²) in [5.41, 5.74) is 5.82. The number of aromatic amines is 1. The zero-order chi connectivity index (χ0) is 11.7. The average Bonchev–Trinajstić information content (AvgIpc) is 2.58. The molecule has 0 fully saturated rings. The van der Waals surface area contributed by atoms with Crippen molar-refractivity contribution in [1.82, 2.24) is 19.5 Å². The summed E-state index contributed by atoms with van der Waals surface area (Å²) in [4.78, 5) is 21.8. The van der Waals surface area contributed by atoms with Crippen LogP contribution in [0.15, 0.2) is 11.1 Å². The van der Waals surface area contributed by atoms with Gasteiger partial charge in [-0.1, -0.05) is 0 Å². The summed E-state index contributed by atoms with van der Waals surface area (Å²) >= 11 is 0. The molecule has 0 bridgehead atoms. The van der Waals surface area contributed by atoms with Gasteiger partial charge in [-0.25, -0.2) is 4.98 Å². The maximum Gasteiger partial charge on any atom is 0.280 e. The first kappa shape index (κ1) is 10.6.